The Labute approximate surface area is 121 Å². The molecule has 1 aliphatic rings. The molecular formula is C13H16ClNO3S. The molecule has 1 heterocycles. The molecule has 1 saturated heterocycles. The standard InChI is InChI=1S/C13H16ClNO3S/c14-10-2-1-3-11(8-10)18-6-4-15-5-7-19-9-12(15)13(16)17/h1-3,8,12H,4-7,9H2,(H,16,17). The highest BCUT2D eigenvalue weighted by Crippen LogP contribution is 2.18. The first-order chi connectivity index (χ1) is 9.16. The van der Waals surface area contributed by atoms with Crippen LogP contribution in [0.25, 0.3) is 0 Å². The topological polar surface area (TPSA) is 49.8 Å². The summed E-state index contributed by atoms with van der Waals surface area (Å²) < 4.78 is 5.59. The van der Waals surface area contributed by atoms with Crippen LogP contribution in [0.5, 0.6) is 5.75 Å². The third kappa shape index (κ3) is 4.30. The van der Waals surface area contributed by atoms with Crippen LogP contribution in [0.1, 0.15) is 0 Å². The van der Waals surface area contributed by atoms with Gasteiger partial charge in [-0.3, -0.25) is 9.69 Å². The average molecular weight is 302 g/mol. The molecule has 1 N–H and O–H groups in total. The normalized spacial score (nSPS) is 20.2. The van der Waals surface area contributed by atoms with Gasteiger partial charge < -0.3 is 9.84 Å². The predicted octanol–water partition coefficient (Wildman–Crippen LogP) is 2.22. The highest BCUT2D eigenvalue weighted by Gasteiger charge is 2.28. The lowest BCUT2D eigenvalue weighted by Gasteiger charge is -2.32. The molecule has 6 heteroatoms. The molecule has 0 aromatic heterocycles. The summed E-state index contributed by atoms with van der Waals surface area (Å²) in [6.07, 6.45) is 0. The first-order valence-corrected chi connectivity index (χ1v) is 7.63. The second-order valence-corrected chi connectivity index (χ2v) is 5.86. The van der Waals surface area contributed by atoms with Crippen LogP contribution in [-0.2, 0) is 4.79 Å². The van der Waals surface area contributed by atoms with Gasteiger partial charge in [0.05, 0.1) is 0 Å². The van der Waals surface area contributed by atoms with Crippen molar-refractivity contribution in [3.8, 4) is 5.75 Å². The van der Waals surface area contributed by atoms with E-state index in [1.165, 1.54) is 0 Å². The van der Waals surface area contributed by atoms with Crippen molar-refractivity contribution >= 4 is 29.3 Å². The lowest BCUT2D eigenvalue weighted by molar-refractivity contribution is -0.142. The van der Waals surface area contributed by atoms with Gasteiger partial charge >= 0.3 is 5.97 Å². The summed E-state index contributed by atoms with van der Waals surface area (Å²) in [6.45, 7) is 1.87. The highest BCUT2D eigenvalue weighted by atomic mass is 35.5. The molecule has 0 radical (unpaired) electrons. The summed E-state index contributed by atoms with van der Waals surface area (Å²) >= 11 is 7.55. The molecule has 1 aliphatic heterocycles. The fourth-order valence-corrected chi connectivity index (χ4v) is 3.26. The first-order valence-electron chi connectivity index (χ1n) is 6.10. The Morgan fingerprint density at radius 1 is 1.58 bits per heavy atom. The van der Waals surface area contributed by atoms with Crippen molar-refractivity contribution in [3.05, 3.63) is 29.3 Å². The van der Waals surface area contributed by atoms with Crippen LogP contribution in [0.15, 0.2) is 24.3 Å². The van der Waals surface area contributed by atoms with E-state index in [4.69, 9.17) is 21.4 Å². The lowest BCUT2D eigenvalue weighted by Crippen LogP contribution is -2.48. The second-order valence-electron chi connectivity index (χ2n) is 4.27. The minimum absolute atomic E-state index is 0.401. The number of carboxylic acids is 1. The molecule has 104 valence electrons. The molecule has 19 heavy (non-hydrogen) atoms. The zero-order valence-electron chi connectivity index (χ0n) is 10.4. The molecule has 0 bridgehead atoms. The van der Waals surface area contributed by atoms with Gasteiger partial charge in [0.25, 0.3) is 0 Å². The Kier molecular flexibility index (Phi) is 5.36. The summed E-state index contributed by atoms with van der Waals surface area (Å²) in [5.41, 5.74) is 0. The number of rotatable bonds is 5. The molecule has 0 aliphatic carbocycles. The number of carboxylic acid groups (broad SMARTS) is 1. The predicted molar refractivity (Wildman–Crippen MR) is 77.3 cm³/mol. The van der Waals surface area contributed by atoms with E-state index in [2.05, 4.69) is 0 Å². The summed E-state index contributed by atoms with van der Waals surface area (Å²) in [4.78, 5) is 13.1. The molecule has 2 rings (SSSR count). The van der Waals surface area contributed by atoms with Gasteiger partial charge in [-0.05, 0) is 18.2 Å². The Morgan fingerprint density at radius 3 is 3.16 bits per heavy atom. The number of carbonyl (C=O) groups is 1. The lowest BCUT2D eigenvalue weighted by atomic mass is 10.2. The molecule has 1 aromatic rings. The molecule has 0 amide bonds. The van der Waals surface area contributed by atoms with Crippen LogP contribution in [-0.4, -0.2) is 53.2 Å². The fraction of sp³-hybridized carbons (Fsp3) is 0.462. The third-order valence-electron chi connectivity index (χ3n) is 2.97. The van der Waals surface area contributed by atoms with E-state index < -0.39 is 12.0 Å². The van der Waals surface area contributed by atoms with E-state index in [1.807, 2.05) is 17.0 Å². The number of aliphatic carboxylic acids is 1. The Bertz CT molecular complexity index is 444. The molecule has 1 atom stereocenters. The van der Waals surface area contributed by atoms with Crippen LogP contribution in [0.2, 0.25) is 5.02 Å². The largest absolute Gasteiger partial charge is 0.492 e. The summed E-state index contributed by atoms with van der Waals surface area (Å²) in [6, 6.07) is 6.81. The van der Waals surface area contributed by atoms with Crippen LogP contribution < -0.4 is 4.74 Å². The molecular weight excluding hydrogens is 286 g/mol. The molecule has 4 nitrogen and oxygen atoms in total. The third-order valence-corrected chi connectivity index (χ3v) is 4.23. The SMILES string of the molecule is O=C(O)C1CSCCN1CCOc1cccc(Cl)c1. The van der Waals surface area contributed by atoms with Gasteiger partial charge in [0.15, 0.2) is 0 Å². The van der Waals surface area contributed by atoms with E-state index in [9.17, 15) is 4.79 Å². The van der Waals surface area contributed by atoms with Crippen molar-refractivity contribution in [3.63, 3.8) is 0 Å². The van der Waals surface area contributed by atoms with Crippen LogP contribution >= 0.6 is 23.4 Å². The van der Waals surface area contributed by atoms with Crippen molar-refractivity contribution in [1.29, 1.82) is 0 Å². The number of nitrogens with zero attached hydrogens (tertiary/aromatic N) is 1. The smallest absolute Gasteiger partial charge is 0.321 e. The van der Waals surface area contributed by atoms with Crippen molar-refractivity contribution in [2.24, 2.45) is 0 Å². The van der Waals surface area contributed by atoms with Crippen molar-refractivity contribution in [1.82, 2.24) is 4.90 Å². The fourth-order valence-electron chi connectivity index (χ4n) is 1.97. The van der Waals surface area contributed by atoms with Crippen LogP contribution in [0.3, 0.4) is 0 Å². The first kappa shape index (κ1) is 14.5. The number of halogens is 1. The summed E-state index contributed by atoms with van der Waals surface area (Å²) in [7, 11) is 0. The van der Waals surface area contributed by atoms with Crippen LogP contribution in [0, 0.1) is 0 Å². The van der Waals surface area contributed by atoms with E-state index in [-0.39, 0.29) is 0 Å². The Hall–Kier alpha value is -0.910. The zero-order chi connectivity index (χ0) is 13.7. The van der Waals surface area contributed by atoms with Crippen molar-refractivity contribution in [2.45, 2.75) is 6.04 Å². The van der Waals surface area contributed by atoms with Gasteiger partial charge in [0.2, 0.25) is 0 Å². The number of thioether (sulfide) groups is 1. The maximum absolute atomic E-state index is 11.1. The summed E-state index contributed by atoms with van der Waals surface area (Å²) in [5.74, 6) is 1.58. The van der Waals surface area contributed by atoms with E-state index in [0.29, 0.717) is 29.7 Å². The van der Waals surface area contributed by atoms with E-state index in [0.717, 1.165) is 12.3 Å². The van der Waals surface area contributed by atoms with Gasteiger partial charge in [-0.15, -0.1) is 0 Å². The Balaban J connectivity index is 1.82. The second kappa shape index (κ2) is 7.03. The van der Waals surface area contributed by atoms with Gasteiger partial charge in [0.1, 0.15) is 18.4 Å². The monoisotopic (exact) mass is 301 g/mol. The minimum atomic E-state index is -0.755. The maximum atomic E-state index is 11.1. The zero-order valence-corrected chi connectivity index (χ0v) is 12.0. The molecule has 0 spiro atoms. The number of hydrogen-bond donors (Lipinski definition) is 1. The van der Waals surface area contributed by atoms with E-state index >= 15 is 0 Å². The van der Waals surface area contributed by atoms with Crippen molar-refractivity contribution < 1.29 is 14.6 Å². The number of benzene rings is 1. The Morgan fingerprint density at radius 2 is 2.42 bits per heavy atom. The van der Waals surface area contributed by atoms with Crippen LogP contribution in [0.4, 0.5) is 0 Å². The van der Waals surface area contributed by atoms with Gasteiger partial charge in [-0.2, -0.15) is 11.8 Å². The average Bonchev–Trinajstić information content (AvgIpc) is 2.39. The highest BCUT2D eigenvalue weighted by molar-refractivity contribution is 7.99. The maximum Gasteiger partial charge on any atom is 0.321 e. The van der Waals surface area contributed by atoms with Gasteiger partial charge in [-0.25, -0.2) is 0 Å². The van der Waals surface area contributed by atoms with E-state index in [1.54, 1.807) is 23.9 Å². The molecule has 1 unspecified atom stereocenters. The van der Waals surface area contributed by atoms with Gasteiger partial charge in [-0.1, -0.05) is 17.7 Å². The van der Waals surface area contributed by atoms with Gasteiger partial charge in [0, 0.05) is 29.6 Å². The quantitative estimate of drug-likeness (QED) is 0.904. The number of ether oxygens (including phenoxy) is 1. The number of hydrogen-bond acceptors (Lipinski definition) is 4. The molecule has 1 fully saturated rings. The van der Waals surface area contributed by atoms with Crippen molar-refractivity contribution in [2.75, 3.05) is 31.2 Å². The molecule has 1 aromatic carbocycles. The minimum Gasteiger partial charge on any atom is -0.492 e. The molecule has 0 saturated carbocycles. The summed E-state index contributed by atoms with van der Waals surface area (Å²) in [5, 5.41) is 9.78.